The Labute approximate surface area is 119 Å². The van der Waals surface area contributed by atoms with Crippen LogP contribution in [-0.4, -0.2) is 41.8 Å². The molecule has 1 aliphatic carbocycles. The molecule has 2 aliphatic heterocycles. The smallest absolute Gasteiger partial charge is 0.120 e. The van der Waals surface area contributed by atoms with Crippen molar-refractivity contribution >= 4 is 11.6 Å². The van der Waals surface area contributed by atoms with Gasteiger partial charge in [-0.1, -0.05) is 11.6 Å². The molecule has 0 aromatic rings. The average Bonchev–Trinajstić information content (AvgIpc) is 2.89. The summed E-state index contributed by atoms with van der Waals surface area (Å²) in [5, 5.41) is 17.4. The van der Waals surface area contributed by atoms with Crippen LogP contribution in [0, 0.1) is 0 Å². The molecule has 0 aromatic heterocycles. The van der Waals surface area contributed by atoms with Gasteiger partial charge in [0.1, 0.15) is 10.9 Å². The molecule has 3 rings (SSSR count). The molecule has 106 valence electrons. The van der Waals surface area contributed by atoms with Crippen molar-refractivity contribution in [3.05, 3.63) is 22.6 Å². The maximum atomic E-state index is 10.1. The highest BCUT2D eigenvalue weighted by molar-refractivity contribution is 6.32. The second-order valence-corrected chi connectivity index (χ2v) is 6.16. The SMILES string of the molecule is OC1(CNC2=C(Cl)C(N3CCCC3)=CCN2)CCC1. The minimum Gasteiger partial charge on any atom is -0.388 e. The van der Waals surface area contributed by atoms with E-state index >= 15 is 0 Å². The summed E-state index contributed by atoms with van der Waals surface area (Å²) in [5.74, 6) is 0.867. The Balaban J connectivity index is 1.65. The van der Waals surface area contributed by atoms with Crippen molar-refractivity contribution in [3.8, 4) is 0 Å². The fourth-order valence-electron chi connectivity index (χ4n) is 2.93. The van der Waals surface area contributed by atoms with Gasteiger partial charge in [-0.25, -0.2) is 0 Å². The van der Waals surface area contributed by atoms with E-state index in [1.54, 1.807) is 0 Å². The zero-order valence-corrected chi connectivity index (χ0v) is 12.0. The summed E-state index contributed by atoms with van der Waals surface area (Å²) in [6.45, 7) is 3.57. The molecular weight excluding hydrogens is 262 g/mol. The van der Waals surface area contributed by atoms with E-state index in [2.05, 4.69) is 21.6 Å². The molecule has 5 heteroatoms. The third-order valence-corrected chi connectivity index (χ3v) is 4.73. The molecule has 1 saturated carbocycles. The maximum Gasteiger partial charge on any atom is 0.120 e. The number of nitrogens with one attached hydrogen (secondary N) is 2. The lowest BCUT2D eigenvalue weighted by Crippen LogP contribution is -2.48. The normalized spacial score (nSPS) is 25.8. The van der Waals surface area contributed by atoms with E-state index in [0.717, 1.165) is 55.4 Å². The molecule has 0 radical (unpaired) electrons. The third kappa shape index (κ3) is 2.70. The van der Waals surface area contributed by atoms with Crippen LogP contribution in [0.4, 0.5) is 0 Å². The Bertz CT molecular complexity index is 409. The van der Waals surface area contributed by atoms with E-state index in [4.69, 9.17) is 11.6 Å². The molecule has 0 spiro atoms. The summed E-state index contributed by atoms with van der Waals surface area (Å²) >= 11 is 6.48. The average molecular weight is 284 g/mol. The minimum atomic E-state index is -0.527. The van der Waals surface area contributed by atoms with Crippen molar-refractivity contribution in [2.24, 2.45) is 0 Å². The van der Waals surface area contributed by atoms with E-state index in [0.29, 0.717) is 6.54 Å². The Kier molecular flexibility index (Phi) is 3.63. The molecule has 0 amide bonds. The quantitative estimate of drug-likeness (QED) is 0.731. The number of hydrogen-bond donors (Lipinski definition) is 3. The van der Waals surface area contributed by atoms with Crippen LogP contribution < -0.4 is 10.6 Å². The summed E-state index contributed by atoms with van der Waals surface area (Å²) < 4.78 is 0. The van der Waals surface area contributed by atoms with Gasteiger partial charge in [0.15, 0.2) is 0 Å². The zero-order chi connectivity index (χ0) is 13.3. The Morgan fingerprint density at radius 1 is 1.32 bits per heavy atom. The third-order valence-electron chi connectivity index (χ3n) is 4.34. The van der Waals surface area contributed by atoms with E-state index in [-0.39, 0.29) is 0 Å². The predicted octanol–water partition coefficient (Wildman–Crippen LogP) is 1.48. The summed E-state index contributed by atoms with van der Waals surface area (Å²) in [6, 6.07) is 0. The largest absolute Gasteiger partial charge is 0.388 e. The lowest BCUT2D eigenvalue weighted by molar-refractivity contribution is -0.0297. The topological polar surface area (TPSA) is 47.5 Å². The predicted molar refractivity (Wildman–Crippen MR) is 76.6 cm³/mol. The molecule has 1 saturated heterocycles. The summed E-state index contributed by atoms with van der Waals surface area (Å²) in [5.41, 5.74) is 0.613. The van der Waals surface area contributed by atoms with E-state index in [9.17, 15) is 5.11 Å². The van der Waals surface area contributed by atoms with Crippen LogP contribution in [0.25, 0.3) is 0 Å². The van der Waals surface area contributed by atoms with Gasteiger partial charge < -0.3 is 20.6 Å². The molecule has 0 atom stereocenters. The Morgan fingerprint density at radius 3 is 2.68 bits per heavy atom. The minimum absolute atomic E-state index is 0.527. The van der Waals surface area contributed by atoms with Gasteiger partial charge >= 0.3 is 0 Å². The van der Waals surface area contributed by atoms with Gasteiger partial charge in [-0.2, -0.15) is 0 Å². The lowest BCUT2D eigenvalue weighted by Gasteiger charge is -2.38. The first-order chi connectivity index (χ1) is 9.18. The molecule has 2 heterocycles. The first-order valence-corrected chi connectivity index (χ1v) is 7.61. The fourth-order valence-corrected chi connectivity index (χ4v) is 3.26. The summed E-state index contributed by atoms with van der Waals surface area (Å²) in [4.78, 5) is 2.35. The van der Waals surface area contributed by atoms with Crippen LogP contribution in [0.3, 0.4) is 0 Å². The van der Waals surface area contributed by atoms with Gasteiger partial charge in [-0.05, 0) is 38.2 Å². The van der Waals surface area contributed by atoms with Crippen LogP contribution in [0.2, 0.25) is 0 Å². The highest BCUT2D eigenvalue weighted by Gasteiger charge is 2.34. The Morgan fingerprint density at radius 2 is 2.05 bits per heavy atom. The highest BCUT2D eigenvalue weighted by Crippen LogP contribution is 2.32. The molecule has 3 N–H and O–H groups in total. The standard InChI is InChI=1S/C14H22ClN3O/c15-12-11(18-8-1-2-9-18)4-7-16-13(12)17-10-14(19)5-3-6-14/h4,16-17,19H,1-3,5-10H2. The molecule has 4 nitrogen and oxygen atoms in total. The van der Waals surface area contributed by atoms with Gasteiger partial charge in [0.2, 0.25) is 0 Å². The lowest BCUT2D eigenvalue weighted by atomic mass is 9.80. The number of hydrogen-bond acceptors (Lipinski definition) is 4. The van der Waals surface area contributed by atoms with Gasteiger partial charge in [0.25, 0.3) is 0 Å². The van der Waals surface area contributed by atoms with E-state index in [1.165, 1.54) is 12.8 Å². The van der Waals surface area contributed by atoms with Crippen LogP contribution in [0.15, 0.2) is 22.6 Å². The van der Waals surface area contributed by atoms with Gasteiger partial charge in [0, 0.05) is 26.2 Å². The number of nitrogens with zero attached hydrogens (tertiary/aromatic N) is 1. The van der Waals surface area contributed by atoms with Crippen molar-refractivity contribution in [2.45, 2.75) is 37.7 Å². The number of rotatable bonds is 4. The van der Waals surface area contributed by atoms with Crippen molar-refractivity contribution < 1.29 is 5.11 Å². The van der Waals surface area contributed by atoms with Crippen LogP contribution in [0.1, 0.15) is 32.1 Å². The van der Waals surface area contributed by atoms with Crippen LogP contribution in [-0.2, 0) is 0 Å². The number of dihydropyridines is 1. The number of likely N-dealkylation sites (tertiary alicyclic amines) is 1. The van der Waals surface area contributed by atoms with Gasteiger partial charge in [-0.3, -0.25) is 0 Å². The Hall–Kier alpha value is -0.870. The molecule has 0 unspecified atom stereocenters. The number of allylic oxidation sites excluding steroid dienone is 1. The first-order valence-electron chi connectivity index (χ1n) is 7.23. The second-order valence-electron chi connectivity index (χ2n) is 5.78. The first kappa shape index (κ1) is 13.1. The fraction of sp³-hybridized carbons (Fsp3) is 0.714. The molecule has 3 aliphatic rings. The molecule has 0 bridgehead atoms. The summed E-state index contributed by atoms with van der Waals surface area (Å²) in [6.07, 6.45) is 7.54. The van der Waals surface area contributed by atoms with Gasteiger partial charge in [0.05, 0.1) is 11.3 Å². The van der Waals surface area contributed by atoms with Crippen molar-refractivity contribution in [3.63, 3.8) is 0 Å². The number of aliphatic hydroxyl groups is 1. The molecule has 2 fully saturated rings. The molecule has 0 aromatic carbocycles. The second kappa shape index (κ2) is 5.25. The highest BCUT2D eigenvalue weighted by atomic mass is 35.5. The van der Waals surface area contributed by atoms with Crippen LogP contribution >= 0.6 is 11.6 Å². The monoisotopic (exact) mass is 283 g/mol. The van der Waals surface area contributed by atoms with E-state index < -0.39 is 5.60 Å². The van der Waals surface area contributed by atoms with Crippen molar-refractivity contribution in [1.82, 2.24) is 15.5 Å². The molecule has 19 heavy (non-hydrogen) atoms. The van der Waals surface area contributed by atoms with Crippen LogP contribution in [0.5, 0.6) is 0 Å². The van der Waals surface area contributed by atoms with Crippen molar-refractivity contribution in [1.29, 1.82) is 0 Å². The maximum absolute atomic E-state index is 10.1. The van der Waals surface area contributed by atoms with Crippen molar-refractivity contribution in [2.75, 3.05) is 26.2 Å². The number of halogens is 1. The van der Waals surface area contributed by atoms with E-state index in [1.807, 2.05) is 0 Å². The zero-order valence-electron chi connectivity index (χ0n) is 11.2. The molecular formula is C14H22ClN3O. The van der Waals surface area contributed by atoms with Gasteiger partial charge in [-0.15, -0.1) is 0 Å². The summed E-state index contributed by atoms with van der Waals surface area (Å²) in [7, 11) is 0.